The standard InChI is InChI=1S/C13H21N3O2S/c1-3-15-19(17,18)11-6-7-12(14)13(9-11)16-8-4-5-10(16)2/h6-7,9-10,15H,3-5,8,14H2,1-2H3. The van der Waals surface area contributed by atoms with Crippen LogP contribution in [0.15, 0.2) is 23.1 Å². The van der Waals surface area contributed by atoms with E-state index in [2.05, 4.69) is 16.5 Å². The van der Waals surface area contributed by atoms with Crippen LogP contribution in [0.1, 0.15) is 26.7 Å². The van der Waals surface area contributed by atoms with Gasteiger partial charge in [0.15, 0.2) is 0 Å². The molecule has 1 heterocycles. The maximum absolute atomic E-state index is 12.0. The van der Waals surface area contributed by atoms with Crippen LogP contribution in [-0.4, -0.2) is 27.5 Å². The first-order valence-corrected chi connectivity index (χ1v) is 8.10. The normalized spacial score (nSPS) is 19.9. The third kappa shape index (κ3) is 2.84. The van der Waals surface area contributed by atoms with Crippen molar-refractivity contribution in [1.82, 2.24) is 4.72 Å². The van der Waals surface area contributed by atoms with E-state index in [-0.39, 0.29) is 4.90 Å². The van der Waals surface area contributed by atoms with Crippen molar-refractivity contribution in [2.75, 3.05) is 23.7 Å². The van der Waals surface area contributed by atoms with E-state index in [1.165, 1.54) is 0 Å². The molecule has 1 aliphatic rings. The highest BCUT2D eigenvalue weighted by molar-refractivity contribution is 7.89. The van der Waals surface area contributed by atoms with Crippen LogP contribution in [0.4, 0.5) is 11.4 Å². The number of anilines is 2. The Kier molecular flexibility index (Phi) is 4.01. The van der Waals surface area contributed by atoms with Crippen molar-refractivity contribution < 1.29 is 8.42 Å². The van der Waals surface area contributed by atoms with Crippen molar-refractivity contribution in [1.29, 1.82) is 0 Å². The van der Waals surface area contributed by atoms with Gasteiger partial charge in [-0.3, -0.25) is 0 Å². The molecule has 106 valence electrons. The average molecular weight is 283 g/mol. The number of nitrogens with one attached hydrogen (secondary N) is 1. The third-order valence-electron chi connectivity index (χ3n) is 3.51. The third-order valence-corrected chi connectivity index (χ3v) is 5.05. The van der Waals surface area contributed by atoms with Crippen molar-refractivity contribution in [3.8, 4) is 0 Å². The highest BCUT2D eigenvalue weighted by Gasteiger charge is 2.24. The first kappa shape index (κ1) is 14.1. The summed E-state index contributed by atoms with van der Waals surface area (Å²) in [7, 11) is -3.43. The first-order valence-electron chi connectivity index (χ1n) is 6.61. The molecule has 5 nitrogen and oxygen atoms in total. The summed E-state index contributed by atoms with van der Waals surface area (Å²) in [4.78, 5) is 2.46. The van der Waals surface area contributed by atoms with E-state index in [1.807, 2.05) is 0 Å². The second kappa shape index (κ2) is 5.38. The molecule has 0 spiro atoms. The highest BCUT2D eigenvalue weighted by Crippen LogP contribution is 2.32. The molecule has 1 aromatic rings. The van der Waals surface area contributed by atoms with E-state index in [0.717, 1.165) is 25.1 Å². The summed E-state index contributed by atoms with van der Waals surface area (Å²) in [6, 6.07) is 5.30. The van der Waals surface area contributed by atoms with Crippen molar-refractivity contribution in [2.45, 2.75) is 37.6 Å². The Morgan fingerprint density at radius 3 is 2.79 bits per heavy atom. The van der Waals surface area contributed by atoms with E-state index in [4.69, 9.17) is 5.73 Å². The van der Waals surface area contributed by atoms with Crippen LogP contribution in [0, 0.1) is 0 Å². The summed E-state index contributed by atoms with van der Waals surface area (Å²) in [5.41, 5.74) is 7.44. The topological polar surface area (TPSA) is 75.4 Å². The lowest BCUT2D eigenvalue weighted by molar-refractivity contribution is 0.584. The van der Waals surface area contributed by atoms with Gasteiger partial charge < -0.3 is 10.6 Å². The van der Waals surface area contributed by atoms with Gasteiger partial charge in [-0.2, -0.15) is 0 Å². The van der Waals surface area contributed by atoms with Gasteiger partial charge in [0.2, 0.25) is 10.0 Å². The Bertz CT molecular complexity index is 557. The quantitative estimate of drug-likeness (QED) is 0.822. The molecule has 2 rings (SSSR count). The van der Waals surface area contributed by atoms with Crippen molar-refractivity contribution in [2.24, 2.45) is 0 Å². The molecule has 0 aliphatic carbocycles. The molecular weight excluding hydrogens is 262 g/mol. The number of nitrogens with two attached hydrogens (primary N) is 1. The highest BCUT2D eigenvalue weighted by atomic mass is 32.2. The zero-order valence-corrected chi connectivity index (χ0v) is 12.2. The van der Waals surface area contributed by atoms with Crippen LogP contribution >= 0.6 is 0 Å². The molecular formula is C13H21N3O2S. The Balaban J connectivity index is 2.40. The van der Waals surface area contributed by atoms with Crippen LogP contribution in [-0.2, 0) is 10.0 Å². The lowest BCUT2D eigenvalue weighted by atomic mass is 10.2. The smallest absolute Gasteiger partial charge is 0.240 e. The molecule has 0 amide bonds. The summed E-state index contributed by atoms with van der Waals surface area (Å²) < 4.78 is 26.5. The molecule has 6 heteroatoms. The first-order chi connectivity index (χ1) is 8.95. The Morgan fingerprint density at radius 2 is 2.21 bits per heavy atom. The van der Waals surface area contributed by atoms with Gasteiger partial charge in [0.25, 0.3) is 0 Å². The number of sulfonamides is 1. The summed E-state index contributed by atoms with van der Waals surface area (Å²) in [5.74, 6) is 0. The minimum Gasteiger partial charge on any atom is -0.397 e. The summed E-state index contributed by atoms with van der Waals surface area (Å²) in [6.07, 6.45) is 2.23. The summed E-state index contributed by atoms with van der Waals surface area (Å²) in [5, 5.41) is 0. The van der Waals surface area contributed by atoms with Crippen LogP contribution in [0.3, 0.4) is 0 Å². The minimum absolute atomic E-state index is 0.276. The number of benzene rings is 1. The van der Waals surface area contributed by atoms with E-state index >= 15 is 0 Å². The van der Waals surface area contributed by atoms with Gasteiger partial charge in [-0.1, -0.05) is 6.92 Å². The van der Waals surface area contributed by atoms with Gasteiger partial charge in [-0.25, -0.2) is 13.1 Å². The predicted octanol–water partition coefficient (Wildman–Crippen LogP) is 1.56. The van der Waals surface area contributed by atoms with Crippen molar-refractivity contribution >= 4 is 21.4 Å². The van der Waals surface area contributed by atoms with Crippen molar-refractivity contribution in [3.63, 3.8) is 0 Å². The molecule has 0 aromatic heterocycles. The van der Waals surface area contributed by atoms with Crippen LogP contribution in [0.2, 0.25) is 0 Å². The monoisotopic (exact) mass is 283 g/mol. The van der Waals surface area contributed by atoms with Crippen LogP contribution in [0.5, 0.6) is 0 Å². The summed E-state index contributed by atoms with van der Waals surface area (Å²) >= 11 is 0. The molecule has 1 fully saturated rings. The number of rotatable bonds is 4. The maximum atomic E-state index is 12.0. The van der Waals surface area contributed by atoms with E-state index in [0.29, 0.717) is 18.3 Å². The Hall–Kier alpha value is -1.27. The fourth-order valence-electron chi connectivity index (χ4n) is 2.50. The zero-order valence-electron chi connectivity index (χ0n) is 11.4. The van der Waals surface area contributed by atoms with Gasteiger partial charge in [0.05, 0.1) is 16.3 Å². The lowest BCUT2D eigenvalue weighted by Gasteiger charge is -2.25. The number of hydrogen-bond acceptors (Lipinski definition) is 4. The van der Waals surface area contributed by atoms with Gasteiger partial charge in [0.1, 0.15) is 0 Å². The van der Waals surface area contributed by atoms with Gasteiger partial charge >= 0.3 is 0 Å². The van der Waals surface area contributed by atoms with Crippen LogP contribution < -0.4 is 15.4 Å². The van der Waals surface area contributed by atoms with Gasteiger partial charge in [-0.15, -0.1) is 0 Å². The second-order valence-electron chi connectivity index (χ2n) is 4.91. The second-order valence-corrected chi connectivity index (χ2v) is 6.67. The van der Waals surface area contributed by atoms with Gasteiger partial charge in [0, 0.05) is 19.1 Å². The number of nitrogens with zero attached hydrogens (tertiary/aromatic N) is 1. The molecule has 0 radical (unpaired) electrons. The average Bonchev–Trinajstić information content (AvgIpc) is 2.75. The molecule has 1 aliphatic heterocycles. The van der Waals surface area contributed by atoms with E-state index in [9.17, 15) is 8.42 Å². The Labute approximate surface area is 114 Å². The largest absolute Gasteiger partial charge is 0.397 e. The van der Waals surface area contributed by atoms with Crippen molar-refractivity contribution in [3.05, 3.63) is 18.2 Å². The molecule has 1 unspecified atom stereocenters. The van der Waals surface area contributed by atoms with Crippen LogP contribution in [0.25, 0.3) is 0 Å². The van der Waals surface area contributed by atoms with E-state index in [1.54, 1.807) is 25.1 Å². The number of hydrogen-bond donors (Lipinski definition) is 2. The predicted molar refractivity (Wildman–Crippen MR) is 77.8 cm³/mol. The molecule has 1 aromatic carbocycles. The maximum Gasteiger partial charge on any atom is 0.240 e. The molecule has 1 saturated heterocycles. The molecule has 3 N–H and O–H groups in total. The number of nitrogen functional groups attached to an aromatic ring is 1. The fraction of sp³-hybridized carbons (Fsp3) is 0.538. The zero-order chi connectivity index (χ0) is 14.0. The Morgan fingerprint density at radius 1 is 1.47 bits per heavy atom. The minimum atomic E-state index is -3.43. The fourth-order valence-corrected chi connectivity index (χ4v) is 3.56. The summed E-state index contributed by atoms with van der Waals surface area (Å²) in [6.45, 7) is 5.20. The molecule has 19 heavy (non-hydrogen) atoms. The molecule has 1 atom stereocenters. The van der Waals surface area contributed by atoms with E-state index < -0.39 is 10.0 Å². The molecule has 0 saturated carbocycles. The van der Waals surface area contributed by atoms with Gasteiger partial charge in [-0.05, 0) is 38.0 Å². The SMILES string of the molecule is CCNS(=O)(=O)c1ccc(N)c(N2CCCC2C)c1. The lowest BCUT2D eigenvalue weighted by Crippen LogP contribution is -2.28. The molecule has 0 bridgehead atoms.